The summed E-state index contributed by atoms with van der Waals surface area (Å²) in [6.07, 6.45) is 2.92. The summed E-state index contributed by atoms with van der Waals surface area (Å²) < 4.78 is 40.8. The highest BCUT2D eigenvalue weighted by molar-refractivity contribution is 7.89. The fourth-order valence-corrected chi connectivity index (χ4v) is 5.21. The third kappa shape index (κ3) is 2.99. The molecule has 1 aromatic rings. The largest absolute Gasteiger partial charge is 0.338 e. The molecule has 1 amide bonds. The van der Waals surface area contributed by atoms with Crippen LogP contribution in [0.3, 0.4) is 0 Å². The Morgan fingerprint density at radius 1 is 1.22 bits per heavy atom. The zero-order valence-electron chi connectivity index (χ0n) is 13.2. The van der Waals surface area contributed by atoms with Crippen LogP contribution in [0.2, 0.25) is 0 Å². The lowest BCUT2D eigenvalue weighted by Gasteiger charge is -2.37. The molecule has 0 saturated carbocycles. The van der Waals surface area contributed by atoms with Crippen LogP contribution in [0.25, 0.3) is 0 Å². The molecule has 23 heavy (non-hydrogen) atoms. The number of carbonyl (C=O) groups excluding carboxylic acids is 1. The van der Waals surface area contributed by atoms with Gasteiger partial charge in [-0.2, -0.15) is 4.31 Å². The molecule has 1 atom stereocenters. The molecule has 1 aromatic carbocycles. The summed E-state index contributed by atoms with van der Waals surface area (Å²) in [6, 6.07) is 4.05. The van der Waals surface area contributed by atoms with Crippen molar-refractivity contribution in [1.82, 2.24) is 9.21 Å². The number of hydrogen-bond donors (Lipinski definition) is 0. The van der Waals surface area contributed by atoms with Crippen LogP contribution in [-0.4, -0.2) is 49.2 Å². The maximum absolute atomic E-state index is 13.7. The Morgan fingerprint density at radius 3 is 2.70 bits per heavy atom. The van der Waals surface area contributed by atoms with E-state index < -0.39 is 15.8 Å². The summed E-state index contributed by atoms with van der Waals surface area (Å²) in [5.74, 6) is -0.412. The van der Waals surface area contributed by atoms with Gasteiger partial charge in [-0.05, 0) is 38.3 Å². The van der Waals surface area contributed by atoms with Gasteiger partial charge in [-0.15, -0.1) is 0 Å². The van der Waals surface area contributed by atoms with Gasteiger partial charge in [0.1, 0.15) is 5.82 Å². The quantitative estimate of drug-likeness (QED) is 0.844. The maximum Gasteiger partial charge on any atom is 0.243 e. The van der Waals surface area contributed by atoms with Crippen LogP contribution in [0.4, 0.5) is 4.39 Å². The van der Waals surface area contributed by atoms with Crippen LogP contribution in [0.15, 0.2) is 23.1 Å². The molecule has 2 aliphatic heterocycles. The molecule has 0 aliphatic carbocycles. The number of sulfonamides is 1. The van der Waals surface area contributed by atoms with E-state index >= 15 is 0 Å². The molecule has 0 bridgehead atoms. The van der Waals surface area contributed by atoms with Crippen molar-refractivity contribution in [3.05, 3.63) is 29.6 Å². The van der Waals surface area contributed by atoms with Gasteiger partial charge in [0, 0.05) is 37.7 Å². The van der Waals surface area contributed by atoms with Crippen LogP contribution >= 0.6 is 0 Å². The molecule has 7 heteroatoms. The summed E-state index contributed by atoms with van der Waals surface area (Å²) in [7, 11) is -3.74. The molecular formula is C16H21FN2O3S. The van der Waals surface area contributed by atoms with Gasteiger partial charge in [0.25, 0.3) is 0 Å². The summed E-state index contributed by atoms with van der Waals surface area (Å²) in [4.78, 5) is 13.7. The molecule has 2 fully saturated rings. The molecule has 3 rings (SSSR count). The number of piperidine rings is 1. The number of likely N-dealkylation sites (tertiary alicyclic amines) is 1. The van der Waals surface area contributed by atoms with Crippen LogP contribution in [0, 0.1) is 12.7 Å². The van der Waals surface area contributed by atoms with Crippen LogP contribution in [-0.2, 0) is 14.8 Å². The van der Waals surface area contributed by atoms with E-state index in [0.717, 1.165) is 12.8 Å². The van der Waals surface area contributed by atoms with Gasteiger partial charge in [-0.1, -0.05) is 6.07 Å². The van der Waals surface area contributed by atoms with Gasteiger partial charge in [-0.3, -0.25) is 4.79 Å². The average Bonchev–Trinajstić information content (AvgIpc) is 2.96. The Labute approximate surface area is 136 Å². The molecular weight excluding hydrogens is 319 g/mol. The first-order chi connectivity index (χ1) is 10.9. The molecule has 5 nitrogen and oxygen atoms in total. The van der Waals surface area contributed by atoms with Crippen LogP contribution in [0.5, 0.6) is 0 Å². The monoisotopic (exact) mass is 340 g/mol. The molecule has 0 unspecified atom stereocenters. The van der Waals surface area contributed by atoms with Gasteiger partial charge in [0.15, 0.2) is 0 Å². The topological polar surface area (TPSA) is 57.7 Å². The molecule has 2 saturated heterocycles. The van der Waals surface area contributed by atoms with E-state index in [1.54, 1.807) is 4.90 Å². The summed E-state index contributed by atoms with van der Waals surface area (Å²) in [5, 5.41) is 0. The van der Waals surface area contributed by atoms with Crippen LogP contribution < -0.4 is 0 Å². The molecule has 0 spiro atoms. The minimum atomic E-state index is -3.74. The molecule has 0 N–H and O–H groups in total. The number of hydrogen-bond acceptors (Lipinski definition) is 3. The lowest BCUT2D eigenvalue weighted by Crippen LogP contribution is -2.50. The van der Waals surface area contributed by atoms with Crippen molar-refractivity contribution in [2.45, 2.75) is 43.5 Å². The molecule has 126 valence electrons. The SMILES string of the molecule is Cc1c(F)cccc1S(=O)(=O)N1CCC[C@H](N2CCCC2=O)C1. The van der Waals surface area contributed by atoms with Gasteiger partial charge in [-0.25, -0.2) is 12.8 Å². The van der Waals surface area contributed by atoms with E-state index in [1.165, 1.54) is 29.4 Å². The number of nitrogens with zero attached hydrogens (tertiary/aromatic N) is 2. The first-order valence-electron chi connectivity index (χ1n) is 7.96. The first-order valence-corrected chi connectivity index (χ1v) is 9.40. The number of amides is 1. The minimum Gasteiger partial charge on any atom is -0.338 e. The highest BCUT2D eigenvalue weighted by atomic mass is 32.2. The van der Waals surface area contributed by atoms with Crippen molar-refractivity contribution in [2.24, 2.45) is 0 Å². The Bertz CT molecular complexity index is 720. The number of benzene rings is 1. The smallest absolute Gasteiger partial charge is 0.243 e. The van der Waals surface area contributed by atoms with E-state index in [-0.39, 0.29) is 22.4 Å². The van der Waals surface area contributed by atoms with E-state index in [9.17, 15) is 17.6 Å². The molecule has 2 heterocycles. The van der Waals surface area contributed by atoms with Gasteiger partial charge in [0.05, 0.1) is 4.90 Å². The highest BCUT2D eigenvalue weighted by Crippen LogP contribution is 2.27. The summed E-state index contributed by atoms with van der Waals surface area (Å²) in [6.45, 7) is 2.89. The highest BCUT2D eigenvalue weighted by Gasteiger charge is 2.36. The number of halogens is 1. The Morgan fingerprint density at radius 2 is 2.00 bits per heavy atom. The minimum absolute atomic E-state index is 0.0194. The van der Waals surface area contributed by atoms with Crippen molar-refractivity contribution in [2.75, 3.05) is 19.6 Å². The second kappa shape index (κ2) is 6.20. The molecule has 2 aliphatic rings. The van der Waals surface area contributed by atoms with E-state index in [1.807, 2.05) is 0 Å². The van der Waals surface area contributed by atoms with Crippen molar-refractivity contribution < 1.29 is 17.6 Å². The second-order valence-corrected chi connectivity index (χ2v) is 8.12. The van der Waals surface area contributed by atoms with Crippen molar-refractivity contribution in [1.29, 1.82) is 0 Å². The Hall–Kier alpha value is -1.47. The van der Waals surface area contributed by atoms with E-state index in [2.05, 4.69) is 0 Å². The number of carbonyl (C=O) groups is 1. The van der Waals surface area contributed by atoms with Crippen molar-refractivity contribution in [3.63, 3.8) is 0 Å². The lowest BCUT2D eigenvalue weighted by molar-refractivity contribution is -0.130. The zero-order valence-corrected chi connectivity index (χ0v) is 14.0. The van der Waals surface area contributed by atoms with Gasteiger partial charge < -0.3 is 4.90 Å². The maximum atomic E-state index is 13.7. The zero-order chi connectivity index (χ0) is 16.6. The van der Waals surface area contributed by atoms with Gasteiger partial charge >= 0.3 is 0 Å². The van der Waals surface area contributed by atoms with Gasteiger partial charge in [0.2, 0.25) is 15.9 Å². The summed E-state index contributed by atoms with van der Waals surface area (Å²) >= 11 is 0. The summed E-state index contributed by atoms with van der Waals surface area (Å²) in [5.41, 5.74) is 0.145. The normalized spacial score (nSPS) is 23.5. The Kier molecular flexibility index (Phi) is 4.42. The molecule has 0 radical (unpaired) electrons. The molecule has 0 aromatic heterocycles. The van der Waals surface area contributed by atoms with E-state index in [4.69, 9.17) is 0 Å². The fourth-order valence-electron chi connectivity index (χ4n) is 3.45. The van der Waals surface area contributed by atoms with E-state index in [0.29, 0.717) is 32.5 Å². The lowest BCUT2D eigenvalue weighted by atomic mass is 10.1. The average molecular weight is 340 g/mol. The fraction of sp³-hybridized carbons (Fsp3) is 0.562. The van der Waals surface area contributed by atoms with Crippen LogP contribution in [0.1, 0.15) is 31.2 Å². The third-order valence-corrected chi connectivity index (χ3v) is 6.76. The second-order valence-electron chi connectivity index (χ2n) is 6.21. The number of rotatable bonds is 3. The first kappa shape index (κ1) is 16.4. The predicted octanol–water partition coefficient (Wildman–Crippen LogP) is 1.91. The van der Waals surface area contributed by atoms with Crippen molar-refractivity contribution >= 4 is 15.9 Å². The third-order valence-electron chi connectivity index (χ3n) is 4.75. The standard InChI is InChI=1S/C16H21FN2O3S/c1-12-14(17)6-2-7-15(12)23(21,22)18-9-3-5-13(11-18)19-10-4-8-16(19)20/h2,6-7,13H,3-5,8-11H2,1H3/t13-/m0/s1. The van der Waals surface area contributed by atoms with Crippen molar-refractivity contribution in [3.8, 4) is 0 Å². The Balaban J connectivity index is 1.85. The predicted molar refractivity (Wildman–Crippen MR) is 83.9 cm³/mol.